The minimum Gasteiger partial charge on any atom is -0.392 e. The van der Waals surface area contributed by atoms with Crippen molar-refractivity contribution in [1.82, 2.24) is 9.80 Å². The Kier molecular flexibility index (Phi) is 3.42. The van der Waals surface area contributed by atoms with E-state index in [1.54, 1.807) is 0 Å². The molecule has 0 bridgehead atoms. The number of likely N-dealkylation sites (tertiary alicyclic amines) is 2. The molecule has 0 radical (unpaired) electrons. The second kappa shape index (κ2) is 4.60. The third kappa shape index (κ3) is 2.69. The summed E-state index contributed by atoms with van der Waals surface area (Å²) in [7, 11) is 2.20. The van der Waals surface area contributed by atoms with E-state index in [2.05, 4.69) is 16.8 Å². The lowest BCUT2D eigenvalue weighted by atomic mass is 10.0. The van der Waals surface area contributed by atoms with Crippen LogP contribution in [0.1, 0.15) is 19.3 Å². The lowest BCUT2D eigenvalue weighted by Crippen LogP contribution is -2.41. The highest BCUT2D eigenvalue weighted by atomic mass is 16.3. The van der Waals surface area contributed by atoms with Gasteiger partial charge in [-0.15, -0.1) is 0 Å². The molecular formula is C11H22N2O. The molecule has 2 saturated heterocycles. The summed E-state index contributed by atoms with van der Waals surface area (Å²) in [6, 6.07) is 0. The van der Waals surface area contributed by atoms with Crippen molar-refractivity contribution in [3.63, 3.8) is 0 Å². The summed E-state index contributed by atoms with van der Waals surface area (Å²) in [6.07, 6.45) is 3.44. The van der Waals surface area contributed by atoms with Gasteiger partial charge in [0.15, 0.2) is 0 Å². The molecular weight excluding hydrogens is 176 g/mol. The minimum atomic E-state index is -0.0668. The van der Waals surface area contributed by atoms with Gasteiger partial charge in [-0.3, -0.25) is 0 Å². The highest BCUT2D eigenvalue weighted by Crippen LogP contribution is 2.18. The Balaban J connectivity index is 1.74. The lowest BCUT2D eigenvalue weighted by molar-refractivity contribution is 0.0628. The Labute approximate surface area is 86.7 Å². The second-order valence-electron chi connectivity index (χ2n) is 4.97. The summed E-state index contributed by atoms with van der Waals surface area (Å²) in [5, 5.41) is 9.55. The number of β-amino-alcohol motifs (C(OH)–C–C–N with tert-alkyl or cyclic N) is 1. The largest absolute Gasteiger partial charge is 0.392 e. The van der Waals surface area contributed by atoms with E-state index in [0.29, 0.717) is 0 Å². The highest BCUT2D eigenvalue weighted by Gasteiger charge is 2.24. The van der Waals surface area contributed by atoms with Gasteiger partial charge in [-0.1, -0.05) is 0 Å². The zero-order valence-corrected chi connectivity index (χ0v) is 9.15. The van der Waals surface area contributed by atoms with Gasteiger partial charge in [0.25, 0.3) is 0 Å². The van der Waals surface area contributed by atoms with Gasteiger partial charge in [0, 0.05) is 19.6 Å². The molecule has 0 aromatic heterocycles. The topological polar surface area (TPSA) is 26.7 Å². The van der Waals surface area contributed by atoms with Crippen LogP contribution < -0.4 is 0 Å². The SMILES string of the molecule is CN1CCC(CN2CCC[C@H](O)C2)C1. The predicted octanol–water partition coefficient (Wildman–Crippen LogP) is 0.395. The quantitative estimate of drug-likeness (QED) is 0.695. The Bertz CT molecular complexity index is 186. The first-order valence-electron chi connectivity index (χ1n) is 5.83. The summed E-state index contributed by atoms with van der Waals surface area (Å²) in [6.45, 7) is 5.78. The molecule has 0 aromatic rings. The van der Waals surface area contributed by atoms with E-state index in [4.69, 9.17) is 0 Å². The number of aliphatic hydroxyl groups excluding tert-OH is 1. The van der Waals surface area contributed by atoms with E-state index < -0.39 is 0 Å². The Hall–Kier alpha value is -0.120. The maximum absolute atomic E-state index is 9.55. The molecule has 2 atom stereocenters. The molecule has 0 aliphatic carbocycles. The molecule has 2 aliphatic rings. The molecule has 2 heterocycles. The Morgan fingerprint density at radius 3 is 2.71 bits per heavy atom. The van der Waals surface area contributed by atoms with Crippen molar-refractivity contribution < 1.29 is 5.11 Å². The maximum Gasteiger partial charge on any atom is 0.0667 e. The fourth-order valence-corrected chi connectivity index (χ4v) is 2.74. The molecule has 0 spiro atoms. The van der Waals surface area contributed by atoms with Gasteiger partial charge in [0.2, 0.25) is 0 Å². The van der Waals surface area contributed by atoms with Gasteiger partial charge in [-0.05, 0) is 45.3 Å². The monoisotopic (exact) mass is 198 g/mol. The fraction of sp³-hybridized carbons (Fsp3) is 1.00. The standard InChI is InChI=1S/C11H22N2O/c1-12-6-4-10(7-12)8-13-5-2-3-11(14)9-13/h10-11,14H,2-9H2,1H3/t10?,11-/m0/s1. The van der Waals surface area contributed by atoms with Crippen molar-refractivity contribution in [2.45, 2.75) is 25.4 Å². The summed E-state index contributed by atoms with van der Waals surface area (Å²) >= 11 is 0. The van der Waals surface area contributed by atoms with Gasteiger partial charge in [-0.2, -0.15) is 0 Å². The van der Waals surface area contributed by atoms with Gasteiger partial charge in [0.05, 0.1) is 6.10 Å². The summed E-state index contributed by atoms with van der Waals surface area (Å²) in [5.74, 6) is 0.838. The van der Waals surface area contributed by atoms with Crippen molar-refractivity contribution in [2.75, 3.05) is 39.8 Å². The van der Waals surface area contributed by atoms with Crippen LogP contribution in [0.15, 0.2) is 0 Å². The van der Waals surface area contributed by atoms with E-state index >= 15 is 0 Å². The zero-order chi connectivity index (χ0) is 9.97. The van der Waals surface area contributed by atoms with Gasteiger partial charge in [0.1, 0.15) is 0 Å². The van der Waals surface area contributed by atoms with Crippen LogP contribution in [0.2, 0.25) is 0 Å². The highest BCUT2D eigenvalue weighted by molar-refractivity contribution is 4.79. The van der Waals surface area contributed by atoms with Crippen LogP contribution in [0.3, 0.4) is 0 Å². The molecule has 3 heteroatoms. The number of hydrogen-bond donors (Lipinski definition) is 1. The van der Waals surface area contributed by atoms with Gasteiger partial charge < -0.3 is 14.9 Å². The number of aliphatic hydroxyl groups is 1. The number of piperidine rings is 1. The summed E-state index contributed by atoms with van der Waals surface area (Å²) in [4.78, 5) is 4.85. The molecule has 82 valence electrons. The normalized spacial score (nSPS) is 36.4. The molecule has 1 unspecified atom stereocenters. The molecule has 0 aromatic carbocycles. The van der Waals surface area contributed by atoms with Crippen molar-refractivity contribution in [3.05, 3.63) is 0 Å². The van der Waals surface area contributed by atoms with Crippen LogP contribution in [0.5, 0.6) is 0 Å². The fourth-order valence-electron chi connectivity index (χ4n) is 2.74. The zero-order valence-electron chi connectivity index (χ0n) is 9.15. The van der Waals surface area contributed by atoms with Crippen molar-refractivity contribution >= 4 is 0 Å². The first-order valence-corrected chi connectivity index (χ1v) is 5.83. The number of hydrogen-bond acceptors (Lipinski definition) is 3. The molecule has 1 N–H and O–H groups in total. The van der Waals surface area contributed by atoms with Crippen LogP contribution in [0, 0.1) is 5.92 Å². The Morgan fingerprint density at radius 2 is 2.07 bits per heavy atom. The van der Waals surface area contributed by atoms with E-state index in [1.165, 1.54) is 39.0 Å². The molecule has 2 rings (SSSR count). The van der Waals surface area contributed by atoms with Crippen molar-refractivity contribution in [2.24, 2.45) is 5.92 Å². The molecule has 2 aliphatic heterocycles. The van der Waals surface area contributed by atoms with E-state index in [0.717, 1.165) is 18.9 Å². The Morgan fingerprint density at radius 1 is 1.21 bits per heavy atom. The van der Waals surface area contributed by atoms with Crippen LogP contribution in [0.25, 0.3) is 0 Å². The van der Waals surface area contributed by atoms with Crippen molar-refractivity contribution in [3.8, 4) is 0 Å². The number of nitrogens with zero attached hydrogens (tertiary/aromatic N) is 2. The second-order valence-corrected chi connectivity index (χ2v) is 4.97. The first-order chi connectivity index (χ1) is 6.74. The first kappa shape index (κ1) is 10.4. The summed E-state index contributed by atoms with van der Waals surface area (Å²) in [5.41, 5.74) is 0. The van der Waals surface area contributed by atoms with Gasteiger partial charge >= 0.3 is 0 Å². The number of rotatable bonds is 2. The van der Waals surface area contributed by atoms with Crippen molar-refractivity contribution in [1.29, 1.82) is 0 Å². The van der Waals surface area contributed by atoms with E-state index in [-0.39, 0.29) is 6.10 Å². The maximum atomic E-state index is 9.55. The van der Waals surface area contributed by atoms with E-state index in [9.17, 15) is 5.11 Å². The average molecular weight is 198 g/mol. The smallest absolute Gasteiger partial charge is 0.0667 e. The minimum absolute atomic E-state index is 0.0668. The molecule has 3 nitrogen and oxygen atoms in total. The lowest BCUT2D eigenvalue weighted by Gasteiger charge is -2.31. The summed E-state index contributed by atoms with van der Waals surface area (Å²) < 4.78 is 0. The third-order valence-corrected chi connectivity index (χ3v) is 3.49. The van der Waals surface area contributed by atoms with Crippen LogP contribution in [-0.4, -0.2) is 60.8 Å². The molecule has 0 amide bonds. The van der Waals surface area contributed by atoms with Crippen LogP contribution >= 0.6 is 0 Å². The van der Waals surface area contributed by atoms with Crippen LogP contribution in [-0.2, 0) is 0 Å². The average Bonchev–Trinajstić information content (AvgIpc) is 2.51. The predicted molar refractivity (Wildman–Crippen MR) is 57.3 cm³/mol. The molecule has 0 saturated carbocycles. The van der Waals surface area contributed by atoms with Gasteiger partial charge in [-0.25, -0.2) is 0 Å². The molecule has 14 heavy (non-hydrogen) atoms. The molecule has 2 fully saturated rings. The van der Waals surface area contributed by atoms with E-state index in [1.807, 2.05) is 0 Å². The van der Waals surface area contributed by atoms with Crippen LogP contribution in [0.4, 0.5) is 0 Å². The third-order valence-electron chi connectivity index (χ3n) is 3.49.